The zero-order chi connectivity index (χ0) is 10.9. The zero-order valence-corrected chi connectivity index (χ0v) is 11.1. The Bertz CT molecular complexity index is 218. The van der Waals surface area contributed by atoms with Crippen LogP contribution in [0.4, 0.5) is 0 Å². The highest BCUT2D eigenvalue weighted by Crippen LogP contribution is 2.30. The number of thioether (sulfide) groups is 1. The second-order valence-corrected chi connectivity index (χ2v) is 7.44. The van der Waals surface area contributed by atoms with Crippen LogP contribution in [0, 0.1) is 5.92 Å². The van der Waals surface area contributed by atoms with Gasteiger partial charge in [0.1, 0.15) is 0 Å². The van der Waals surface area contributed by atoms with Crippen molar-refractivity contribution < 1.29 is 0 Å². The van der Waals surface area contributed by atoms with Crippen LogP contribution in [0.25, 0.3) is 0 Å². The summed E-state index contributed by atoms with van der Waals surface area (Å²) in [5.74, 6) is 2.19. The quantitative estimate of drug-likeness (QED) is 0.776. The van der Waals surface area contributed by atoms with Gasteiger partial charge < -0.3 is 10.2 Å². The van der Waals surface area contributed by atoms with Crippen molar-refractivity contribution in [3.63, 3.8) is 0 Å². The van der Waals surface area contributed by atoms with Gasteiger partial charge in [-0.1, -0.05) is 0 Å². The molecule has 0 bridgehead atoms. The predicted molar refractivity (Wildman–Crippen MR) is 68.5 cm³/mol. The second kappa shape index (κ2) is 4.64. The second-order valence-electron chi connectivity index (χ2n) is 5.63. The molecular weight excluding hydrogens is 204 g/mol. The highest BCUT2D eigenvalue weighted by Gasteiger charge is 2.30. The van der Waals surface area contributed by atoms with E-state index < -0.39 is 0 Å². The monoisotopic (exact) mass is 228 g/mol. The third-order valence-electron chi connectivity index (χ3n) is 3.69. The molecule has 3 heteroatoms. The van der Waals surface area contributed by atoms with E-state index in [-0.39, 0.29) is 0 Å². The molecule has 0 aromatic carbocycles. The van der Waals surface area contributed by atoms with Gasteiger partial charge in [0.25, 0.3) is 0 Å². The van der Waals surface area contributed by atoms with Crippen molar-refractivity contribution >= 4 is 11.8 Å². The summed E-state index contributed by atoms with van der Waals surface area (Å²) >= 11 is 2.13. The van der Waals surface area contributed by atoms with E-state index in [1.54, 1.807) is 0 Å². The number of nitrogens with one attached hydrogen (secondary N) is 1. The Kier molecular flexibility index (Phi) is 3.63. The van der Waals surface area contributed by atoms with Crippen LogP contribution >= 0.6 is 11.8 Å². The number of hydrogen-bond acceptors (Lipinski definition) is 3. The molecule has 0 aromatic rings. The van der Waals surface area contributed by atoms with E-state index in [2.05, 4.69) is 42.7 Å². The van der Waals surface area contributed by atoms with Crippen LogP contribution in [-0.2, 0) is 0 Å². The molecule has 15 heavy (non-hydrogen) atoms. The summed E-state index contributed by atoms with van der Waals surface area (Å²) in [6.07, 6.45) is 1.37. The van der Waals surface area contributed by atoms with Crippen molar-refractivity contribution in [3.05, 3.63) is 0 Å². The first-order valence-electron chi connectivity index (χ1n) is 6.16. The van der Waals surface area contributed by atoms with Crippen molar-refractivity contribution in [1.29, 1.82) is 0 Å². The van der Waals surface area contributed by atoms with Gasteiger partial charge in [0.15, 0.2) is 0 Å². The van der Waals surface area contributed by atoms with E-state index in [0.717, 1.165) is 12.0 Å². The third-order valence-corrected chi connectivity index (χ3v) is 4.98. The Labute approximate surface area is 98.2 Å². The van der Waals surface area contributed by atoms with E-state index in [0.29, 0.717) is 4.75 Å². The van der Waals surface area contributed by atoms with Gasteiger partial charge in [-0.3, -0.25) is 0 Å². The zero-order valence-electron chi connectivity index (χ0n) is 10.3. The summed E-state index contributed by atoms with van der Waals surface area (Å²) in [4.78, 5) is 2.67. The molecule has 0 aromatic heterocycles. The highest BCUT2D eigenvalue weighted by atomic mass is 32.2. The number of nitrogens with zero attached hydrogens (tertiary/aromatic N) is 1. The smallest absolute Gasteiger partial charge is 0.0231 e. The lowest BCUT2D eigenvalue weighted by Crippen LogP contribution is -2.46. The van der Waals surface area contributed by atoms with Crippen molar-refractivity contribution in [2.75, 3.05) is 31.9 Å². The summed E-state index contributed by atoms with van der Waals surface area (Å²) in [5, 5.41) is 3.55. The maximum absolute atomic E-state index is 3.55. The topological polar surface area (TPSA) is 15.3 Å². The molecule has 2 heterocycles. The van der Waals surface area contributed by atoms with Crippen LogP contribution in [0.2, 0.25) is 0 Å². The molecule has 88 valence electrons. The Morgan fingerprint density at radius 3 is 2.87 bits per heavy atom. The summed E-state index contributed by atoms with van der Waals surface area (Å²) in [7, 11) is 0. The van der Waals surface area contributed by atoms with Crippen LogP contribution in [0.15, 0.2) is 0 Å². The standard InChI is InChI=1S/C12H24N2S/c1-10-11(4-5-13-10)8-14-6-7-15-12(2,3)9-14/h10-11,13H,4-9H2,1-3H3. The van der Waals surface area contributed by atoms with Gasteiger partial charge in [-0.2, -0.15) is 11.8 Å². The lowest BCUT2D eigenvalue weighted by atomic mass is 10.0. The minimum atomic E-state index is 0.466. The Morgan fingerprint density at radius 2 is 2.27 bits per heavy atom. The molecule has 0 saturated carbocycles. The van der Waals surface area contributed by atoms with Gasteiger partial charge >= 0.3 is 0 Å². The molecular formula is C12H24N2S. The average Bonchev–Trinajstić information content (AvgIpc) is 2.50. The molecule has 2 nitrogen and oxygen atoms in total. The fourth-order valence-electron chi connectivity index (χ4n) is 2.76. The molecule has 1 N–H and O–H groups in total. The molecule has 0 aliphatic carbocycles. The Morgan fingerprint density at radius 1 is 1.47 bits per heavy atom. The van der Waals surface area contributed by atoms with E-state index in [1.165, 1.54) is 38.4 Å². The molecule has 2 saturated heterocycles. The summed E-state index contributed by atoms with van der Waals surface area (Å²) in [6.45, 7) is 12.2. The Hall–Kier alpha value is 0.270. The van der Waals surface area contributed by atoms with Crippen LogP contribution in [0.1, 0.15) is 27.2 Å². The van der Waals surface area contributed by atoms with E-state index in [1.807, 2.05) is 0 Å². The first-order valence-corrected chi connectivity index (χ1v) is 7.15. The Balaban J connectivity index is 1.83. The maximum Gasteiger partial charge on any atom is 0.0231 e. The third kappa shape index (κ3) is 3.11. The fourth-order valence-corrected chi connectivity index (χ4v) is 3.94. The van der Waals surface area contributed by atoms with Gasteiger partial charge in [-0.05, 0) is 39.7 Å². The summed E-state index contributed by atoms with van der Waals surface area (Å²) in [6, 6.07) is 0.725. The number of hydrogen-bond donors (Lipinski definition) is 1. The molecule has 0 amide bonds. The van der Waals surface area contributed by atoms with Gasteiger partial charge in [0, 0.05) is 36.2 Å². The van der Waals surface area contributed by atoms with E-state index in [4.69, 9.17) is 0 Å². The first-order chi connectivity index (χ1) is 7.07. The SMILES string of the molecule is CC1NCCC1CN1CCSC(C)(C)C1. The van der Waals surface area contributed by atoms with Gasteiger partial charge in [-0.15, -0.1) is 0 Å². The summed E-state index contributed by atoms with van der Waals surface area (Å²) in [5.41, 5.74) is 0. The minimum absolute atomic E-state index is 0.466. The maximum atomic E-state index is 3.55. The molecule has 2 rings (SSSR count). The summed E-state index contributed by atoms with van der Waals surface area (Å²) < 4.78 is 0.466. The molecule has 2 fully saturated rings. The van der Waals surface area contributed by atoms with Crippen molar-refractivity contribution in [2.45, 2.75) is 38.0 Å². The number of rotatable bonds is 2. The van der Waals surface area contributed by atoms with E-state index in [9.17, 15) is 0 Å². The van der Waals surface area contributed by atoms with Crippen LogP contribution in [0.5, 0.6) is 0 Å². The average molecular weight is 228 g/mol. The minimum Gasteiger partial charge on any atom is -0.314 e. The molecule has 2 atom stereocenters. The largest absolute Gasteiger partial charge is 0.314 e. The van der Waals surface area contributed by atoms with Crippen LogP contribution in [-0.4, -0.2) is 47.6 Å². The van der Waals surface area contributed by atoms with Crippen molar-refractivity contribution in [3.8, 4) is 0 Å². The van der Waals surface area contributed by atoms with Gasteiger partial charge in [0.2, 0.25) is 0 Å². The normalized spacial score (nSPS) is 37.0. The predicted octanol–water partition coefficient (Wildman–Crippen LogP) is 1.81. The van der Waals surface area contributed by atoms with Gasteiger partial charge in [0.05, 0.1) is 0 Å². The first kappa shape index (κ1) is 11.7. The van der Waals surface area contributed by atoms with Crippen LogP contribution < -0.4 is 5.32 Å². The van der Waals surface area contributed by atoms with Crippen molar-refractivity contribution in [2.24, 2.45) is 5.92 Å². The molecule has 0 spiro atoms. The highest BCUT2D eigenvalue weighted by molar-refractivity contribution is 8.00. The molecule has 2 aliphatic heterocycles. The molecule has 0 radical (unpaired) electrons. The molecule has 2 aliphatic rings. The lowest BCUT2D eigenvalue weighted by molar-refractivity contribution is 0.214. The van der Waals surface area contributed by atoms with Crippen molar-refractivity contribution in [1.82, 2.24) is 10.2 Å². The fraction of sp³-hybridized carbons (Fsp3) is 1.00. The lowest BCUT2D eigenvalue weighted by Gasteiger charge is -2.39. The van der Waals surface area contributed by atoms with Crippen LogP contribution in [0.3, 0.4) is 0 Å². The molecule has 2 unspecified atom stereocenters. The van der Waals surface area contributed by atoms with E-state index >= 15 is 0 Å². The van der Waals surface area contributed by atoms with Gasteiger partial charge in [-0.25, -0.2) is 0 Å².